The number of aromatic nitrogens is 1. The molecule has 8 bridgehead atoms. The maximum Gasteiger partial charge on any atom is 0.254 e. The lowest BCUT2D eigenvalue weighted by Gasteiger charge is -2.38. The Kier molecular flexibility index (Phi) is 7.29. The van der Waals surface area contributed by atoms with Gasteiger partial charge in [0.15, 0.2) is 0 Å². The first-order valence-corrected chi connectivity index (χ1v) is 13.7. The molecule has 8 nitrogen and oxygen atoms in total. The lowest BCUT2D eigenvalue weighted by molar-refractivity contribution is 0.0694. The number of carbonyl (C=O) groups is 2. The Labute approximate surface area is 238 Å². The van der Waals surface area contributed by atoms with Crippen LogP contribution in [0.2, 0.25) is 0 Å². The zero-order chi connectivity index (χ0) is 28.3. The van der Waals surface area contributed by atoms with Gasteiger partial charge in [0.2, 0.25) is 0 Å². The van der Waals surface area contributed by atoms with Crippen molar-refractivity contribution in [1.82, 2.24) is 15.2 Å². The van der Waals surface area contributed by atoms with Crippen LogP contribution >= 0.6 is 0 Å². The summed E-state index contributed by atoms with van der Waals surface area (Å²) in [5, 5.41) is 2.91. The molecule has 41 heavy (non-hydrogen) atoms. The summed E-state index contributed by atoms with van der Waals surface area (Å²) in [7, 11) is 1.63. The Morgan fingerprint density at radius 2 is 1.93 bits per heavy atom. The number of amides is 2. The molecule has 2 amide bonds. The number of nitrogens with one attached hydrogen (secondary N) is 1. The van der Waals surface area contributed by atoms with E-state index in [1.807, 2.05) is 72.5 Å². The molecule has 1 N–H and O–H groups in total. The van der Waals surface area contributed by atoms with Crippen molar-refractivity contribution in [3.63, 3.8) is 0 Å². The van der Waals surface area contributed by atoms with Gasteiger partial charge in [-0.25, -0.2) is 0 Å². The van der Waals surface area contributed by atoms with Gasteiger partial charge >= 0.3 is 0 Å². The molecule has 208 valence electrons. The largest absolute Gasteiger partial charge is 0.496 e. The molecule has 0 radical (unpaired) electrons. The predicted octanol–water partition coefficient (Wildman–Crippen LogP) is 5.49. The first-order chi connectivity index (χ1) is 20.0. The van der Waals surface area contributed by atoms with Crippen LogP contribution in [0.1, 0.15) is 55.4 Å². The van der Waals surface area contributed by atoms with Crippen LogP contribution in [0.15, 0.2) is 79.1 Å². The van der Waals surface area contributed by atoms with E-state index in [1.54, 1.807) is 19.4 Å². The maximum atomic E-state index is 14.0. The summed E-state index contributed by atoms with van der Waals surface area (Å²) in [6.07, 6.45) is 4.42. The first-order valence-electron chi connectivity index (χ1n) is 13.7. The summed E-state index contributed by atoms with van der Waals surface area (Å²) >= 11 is 0. The Morgan fingerprint density at radius 1 is 1.02 bits per heavy atom. The maximum absolute atomic E-state index is 14.0. The molecule has 0 fully saturated rings. The second-order valence-corrected chi connectivity index (χ2v) is 10.2. The summed E-state index contributed by atoms with van der Waals surface area (Å²) in [5.41, 5.74) is 5.05. The third kappa shape index (κ3) is 5.45. The van der Waals surface area contributed by atoms with Crippen LogP contribution in [-0.2, 0) is 6.42 Å². The Morgan fingerprint density at radius 3 is 2.78 bits per heavy atom. The van der Waals surface area contributed by atoms with Gasteiger partial charge in [-0.2, -0.15) is 0 Å². The van der Waals surface area contributed by atoms with Crippen molar-refractivity contribution in [2.24, 2.45) is 0 Å². The summed E-state index contributed by atoms with van der Waals surface area (Å²) in [4.78, 5) is 32.8. The van der Waals surface area contributed by atoms with Gasteiger partial charge in [-0.05, 0) is 90.6 Å². The highest BCUT2D eigenvalue weighted by molar-refractivity contribution is 5.95. The van der Waals surface area contributed by atoms with Crippen LogP contribution in [0.5, 0.6) is 23.0 Å². The summed E-state index contributed by atoms with van der Waals surface area (Å²) in [6.45, 7) is 3.37. The highest BCUT2D eigenvalue weighted by Gasteiger charge is 2.33. The van der Waals surface area contributed by atoms with Gasteiger partial charge in [0.05, 0.1) is 31.5 Å². The van der Waals surface area contributed by atoms with Crippen LogP contribution < -0.4 is 19.5 Å². The number of pyridine rings is 1. The second kappa shape index (κ2) is 11.3. The highest BCUT2D eigenvalue weighted by Crippen LogP contribution is 2.39. The minimum atomic E-state index is -0.311. The standard InChI is InChI=1S/C33H31N3O5/c1-21-15-24(7-10-30(21)39-2)33(38)36-13-11-22-16-27-8-9-29(22)31(36)23-5-3-6-26(17-23)40-14-4-12-35-32(37)25-18-28(41-27)20-34-19-25/h3,5-10,15-20,31H,4,11-14H2,1-2H3,(H,35,37). The average Bonchev–Trinajstić information content (AvgIpc) is 2.99. The number of nitrogens with zero attached hydrogens (tertiary/aromatic N) is 2. The lowest BCUT2D eigenvalue weighted by atomic mass is 9.87. The SMILES string of the molecule is COc1ccc(C(=O)N2CCc3cc4ccc3C2c2cccc(c2)OCCCNC(=O)c2cncc(c2)O4)cc1C. The van der Waals surface area contributed by atoms with Crippen LogP contribution in [0, 0.1) is 6.92 Å². The molecule has 4 aromatic rings. The quantitative estimate of drug-likeness (QED) is 0.356. The fourth-order valence-electron chi connectivity index (χ4n) is 5.50. The zero-order valence-corrected chi connectivity index (χ0v) is 23.1. The third-order valence-corrected chi connectivity index (χ3v) is 7.51. The number of benzene rings is 3. The van der Waals surface area contributed by atoms with Crippen LogP contribution in [0.25, 0.3) is 0 Å². The molecule has 1 aromatic heterocycles. The third-order valence-electron chi connectivity index (χ3n) is 7.51. The second-order valence-electron chi connectivity index (χ2n) is 10.2. The fraction of sp³-hybridized carbons (Fsp3) is 0.242. The van der Waals surface area contributed by atoms with E-state index in [4.69, 9.17) is 14.2 Å². The van der Waals surface area contributed by atoms with E-state index in [0.29, 0.717) is 60.9 Å². The van der Waals surface area contributed by atoms with Crippen LogP contribution in [-0.4, -0.2) is 48.5 Å². The van der Waals surface area contributed by atoms with E-state index in [-0.39, 0.29) is 17.9 Å². The van der Waals surface area contributed by atoms with Crippen molar-refractivity contribution in [2.45, 2.75) is 25.8 Å². The normalized spacial score (nSPS) is 16.5. The molecule has 8 heteroatoms. The lowest BCUT2D eigenvalue weighted by Crippen LogP contribution is -2.40. The Bertz CT molecular complexity index is 1620. The molecule has 3 aromatic carbocycles. The zero-order valence-electron chi connectivity index (χ0n) is 23.1. The van der Waals surface area contributed by atoms with Crippen molar-refractivity contribution in [2.75, 3.05) is 26.8 Å². The molecule has 0 saturated carbocycles. The van der Waals surface area contributed by atoms with Gasteiger partial charge in [-0.15, -0.1) is 0 Å². The van der Waals surface area contributed by atoms with Crippen molar-refractivity contribution in [3.8, 4) is 23.0 Å². The fourth-order valence-corrected chi connectivity index (χ4v) is 5.50. The monoisotopic (exact) mass is 549 g/mol. The van der Waals surface area contributed by atoms with Gasteiger partial charge in [-0.3, -0.25) is 14.6 Å². The first kappa shape index (κ1) is 26.4. The van der Waals surface area contributed by atoms with Crippen molar-refractivity contribution >= 4 is 11.8 Å². The number of fused-ring (bicyclic) bond motifs is 6. The van der Waals surface area contributed by atoms with Gasteiger partial charge in [0.1, 0.15) is 23.0 Å². The Hall–Kier alpha value is -4.85. The average molecular weight is 550 g/mol. The number of rotatable bonds is 2. The van der Waals surface area contributed by atoms with E-state index in [9.17, 15) is 9.59 Å². The summed E-state index contributed by atoms with van der Waals surface area (Å²) in [5.74, 6) is 2.33. The molecule has 3 aliphatic rings. The summed E-state index contributed by atoms with van der Waals surface area (Å²) in [6, 6.07) is 20.8. The predicted molar refractivity (Wildman–Crippen MR) is 154 cm³/mol. The smallest absolute Gasteiger partial charge is 0.254 e. The van der Waals surface area contributed by atoms with E-state index >= 15 is 0 Å². The topological polar surface area (TPSA) is 90.0 Å². The van der Waals surface area contributed by atoms with Gasteiger partial charge in [-0.1, -0.05) is 18.2 Å². The van der Waals surface area contributed by atoms with Gasteiger partial charge in [0.25, 0.3) is 11.8 Å². The number of methoxy groups -OCH3 is 1. The minimum absolute atomic E-state index is 0.0428. The molecule has 4 heterocycles. The number of hydrogen-bond acceptors (Lipinski definition) is 6. The van der Waals surface area contributed by atoms with Gasteiger partial charge in [0, 0.05) is 24.8 Å². The number of hydrogen-bond donors (Lipinski definition) is 1. The molecule has 1 atom stereocenters. The van der Waals surface area contributed by atoms with E-state index in [0.717, 1.165) is 28.0 Å². The van der Waals surface area contributed by atoms with Crippen molar-refractivity contribution < 1.29 is 23.8 Å². The van der Waals surface area contributed by atoms with Crippen LogP contribution in [0.4, 0.5) is 0 Å². The van der Waals surface area contributed by atoms with E-state index in [2.05, 4.69) is 10.3 Å². The highest BCUT2D eigenvalue weighted by atomic mass is 16.5. The molecular weight excluding hydrogens is 518 g/mol. The molecule has 3 aliphatic heterocycles. The number of carbonyl (C=O) groups excluding carboxylic acids is 2. The number of aryl methyl sites for hydroxylation is 1. The number of ether oxygens (including phenoxy) is 3. The van der Waals surface area contributed by atoms with E-state index < -0.39 is 0 Å². The molecule has 0 aliphatic carbocycles. The van der Waals surface area contributed by atoms with Crippen LogP contribution in [0.3, 0.4) is 0 Å². The Balaban J connectivity index is 1.42. The molecular formula is C33H31N3O5. The van der Waals surface area contributed by atoms with Crippen molar-refractivity contribution in [3.05, 3.63) is 113 Å². The van der Waals surface area contributed by atoms with E-state index in [1.165, 1.54) is 6.20 Å². The van der Waals surface area contributed by atoms with Crippen molar-refractivity contribution in [1.29, 1.82) is 0 Å². The minimum Gasteiger partial charge on any atom is -0.496 e. The molecule has 0 spiro atoms. The van der Waals surface area contributed by atoms with Gasteiger partial charge < -0.3 is 24.4 Å². The molecule has 1 unspecified atom stereocenters. The molecule has 7 rings (SSSR count). The summed E-state index contributed by atoms with van der Waals surface area (Å²) < 4.78 is 17.6. The molecule has 0 saturated heterocycles.